The topological polar surface area (TPSA) is 30.7 Å². The Hall–Kier alpha value is -6.10. The van der Waals surface area contributed by atoms with Crippen LogP contribution in [0.3, 0.4) is 0 Å². The summed E-state index contributed by atoms with van der Waals surface area (Å²) in [6, 6.07) is 52.2. The maximum atomic E-state index is 5.27. The van der Waals surface area contributed by atoms with Crippen LogP contribution in [-0.4, -0.2) is 14.5 Å². The molecule has 6 aromatic carbocycles. The summed E-state index contributed by atoms with van der Waals surface area (Å²) in [4.78, 5) is 10.5. The standard InChI is InChI=1S/C46H31N3S/c1-4-14-30(15-5-1)32-26-27-39-38(29-32)42-36(23-13-24-40(42)49(39)35-20-8-3-9-21-35)33-18-12-19-34(28-33)46-47-43(31-16-6-2-7-17-31)45-44(48-46)37-22-10-11-25-41(37)50-45/h1-4,6-14,16-29H,5,15H2. The molecule has 0 aliphatic heterocycles. The van der Waals surface area contributed by atoms with Crippen molar-refractivity contribution >= 4 is 59.0 Å². The second-order valence-electron chi connectivity index (χ2n) is 12.9. The van der Waals surface area contributed by atoms with Crippen molar-refractivity contribution in [1.29, 1.82) is 0 Å². The first-order valence-corrected chi connectivity index (χ1v) is 18.0. The minimum Gasteiger partial charge on any atom is -0.309 e. The number of aromatic nitrogens is 3. The number of nitrogens with zero attached hydrogens (tertiary/aromatic N) is 3. The van der Waals surface area contributed by atoms with Gasteiger partial charge in [0.2, 0.25) is 0 Å². The maximum absolute atomic E-state index is 5.27. The fourth-order valence-corrected chi connectivity index (χ4v) is 8.70. The number of allylic oxidation sites excluding steroid dienone is 4. The molecule has 3 aromatic heterocycles. The van der Waals surface area contributed by atoms with E-state index >= 15 is 0 Å². The lowest BCUT2D eigenvalue weighted by Gasteiger charge is -2.11. The second-order valence-corrected chi connectivity index (χ2v) is 13.9. The van der Waals surface area contributed by atoms with E-state index in [2.05, 4.69) is 168 Å². The maximum Gasteiger partial charge on any atom is 0.160 e. The van der Waals surface area contributed by atoms with Crippen LogP contribution in [0.4, 0.5) is 0 Å². The van der Waals surface area contributed by atoms with E-state index < -0.39 is 0 Å². The summed E-state index contributed by atoms with van der Waals surface area (Å²) in [5.41, 5.74) is 12.7. The van der Waals surface area contributed by atoms with Gasteiger partial charge in [-0.1, -0.05) is 121 Å². The summed E-state index contributed by atoms with van der Waals surface area (Å²) in [7, 11) is 0. The summed E-state index contributed by atoms with van der Waals surface area (Å²) in [5, 5.41) is 3.68. The number of rotatable bonds is 5. The molecule has 3 nitrogen and oxygen atoms in total. The largest absolute Gasteiger partial charge is 0.309 e. The molecule has 3 heterocycles. The summed E-state index contributed by atoms with van der Waals surface area (Å²) < 4.78 is 4.75. The van der Waals surface area contributed by atoms with E-state index in [4.69, 9.17) is 9.97 Å². The number of fused-ring (bicyclic) bond motifs is 6. The molecule has 0 atom stereocenters. The molecule has 0 amide bonds. The van der Waals surface area contributed by atoms with E-state index in [9.17, 15) is 0 Å². The first-order chi connectivity index (χ1) is 24.8. The molecule has 50 heavy (non-hydrogen) atoms. The van der Waals surface area contributed by atoms with Gasteiger partial charge in [0.15, 0.2) is 5.82 Å². The number of benzene rings is 6. The van der Waals surface area contributed by atoms with Crippen molar-refractivity contribution in [2.75, 3.05) is 0 Å². The summed E-state index contributed by atoms with van der Waals surface area (Å²) in [5.74, 6) is 0.736. The van der Waals surface area contributed by atoms with Crippen LogP contribution in [0.2, 0.25) is 0 Å². The molecular weight excluding hydrogens is 627 g/mol. The Morgan fingerprint density at radius 1 is 0.580 bits per heavy atom. The van der Waals surface area contributed by atoms with E-state index in [0.29, 0.717) is 0 Å². The highest BCUT2D eigenvalue weighted by molar-refractivity contribution is 7.26. The van der Waals surface area contributed by atoms with Gasteiger partial charge in [-0.05, 0) is 77.6 Å². The van der Waals surface area contributed by atoms with Crippen LogP contribution < -0.4 is 0 Å². The zero-order chi connectivity index (χ0) is 33.0. The lowest BCUT2D eigenvalue weighted by atomic mass is 9.94. The monoisotopic (exact) mass is 657 g/mol. The highest BCUT2D eigenvalue weighted by atomic mass is 32.1. The third-order valence-corrected chi connectivity index (χ3v) is 11.1. The first kappa shape index (κ1) is 28.9. The van der Waals surface area contributed by atoms with Crippen LogP contribution >= 0.6 is 11.3 Å². The Labute approximate surface area is 294 Å². The normalized spacial score (nSPS) is 13.1. The van der Waals surface area contributed by atoms with Gasteiger partial charge < -0.3 is 4.57 Å². The van der Waals surface area contributed by atoms with Crippen molar-refractivity contribution in [1.82, 2.24) is 14.5 Å². The number of para-hydroxylation sites is 1. The average molecular weight is 658 g/mol. The Bertz CT molecular complexity index is 2800. The van der Waals surface area contributed by atoms with Crippen molar-refractivity contribution in [3.63, 3.8) is 0 Å². The average Bonchev–Trinajstić information content (AvgIpc) is 3.74. The van der Waals surface area contributed by atoms with Gasteiger partial charge >= 0.3 is 0 Å². The van der Waals surface area contributed by atoms with Gasteiger partial charge in [0.25, 0.3) is 0 Å². The van der Waals surface area contributed by atoms with Crippen LogP contribution in [0.5, 0.6) is 0 Å². The Kier molecular flexibility index (Phi) is 6.81. The minimum absolute atomic E-state index is 0.736. The van der Waals surface area contributed by atoms with Gasteiger partial charge in [-0.15, -0.1) is 11.3 Å². The molecule has 4 heteroatoms. The molecule has 0 spiro atoms. The zero-order valence-corrected chi connectivity index (χ0v) is 28.1. The lowest BCUT2D eigenvalue weighted by molar-refractivity contribution is 1.05. The molecule has 1 aliphatic carbocycles. The number of thiophene rings is 1. The molecule has 0 bridgehead atoms. The Morgan fingerprint density at radius 2 is 1.36 bits per heavy atom. The van der Waals surface area contributed by atoms with Gasteiger partial charge in [0.05, 0.1) is 26.9 Å². The van der Waals surface area contributed by atoms with Crippen molar-refractivity contribution in [3.05, 3.63) is 169 Å². The first-order valence-electron chi connectivity index (χ1n) is 17.1. The SMILES string of the molecule is C1=CCCC(c2ccc3c(c2)c2c(-c4cccc(-c5nc(-c6ccccc6)c6sc7ccccc7c6n5)c4)cccc2n3-c2ccccc2)=C1. The summed E-state index contributed by atoms with van der Waals surface area (Å²) in [6.45, 7) is 0. The van der Waals surface area contributed by atoms with Gasteiger partial charge in [-0.25, -0.2) is 9.97 Å². The van der Waals surface area contributed by atoms with E-state index in [0.717, 1.165) is 57.0 Å². The van der Waals surface area contributed by atoms with Crippen molar-refractivity contribution in [2.45, 2.75) is 12.8 Å². The molecule has 0 fully saturated rings. The van der Waals surface area contributed by atoms with Crippen LogP contribution in [0.15, 0.2) is 164 Å². The lowest BCUT2D eigenvalue weighted by Crippen LogP contribution is -1.94. The predicted octanol–water partition coefficient (Wildman–Crippen LogP) is 12.7. The van der Waals surface area contributed by atoms with Crippen LogP contribution in [0, 0.1) is 0 Å². The Morgan fingerprint density at radius 3 is 2.22 bits per heavy atom. The molecule has 0 radical (unpaired) electrons. The van der Waals surface area contributed by atoms with E-state index in [1.54, 1.807) is 11.3 Å². The number of hydrogen-bond acceptors (Lipinski definition) is 3. The molecule has 1 aliphatic rings. The molecular formula is C46H31N3S. The quantitative estimate of drug-likeness (QED) is 0.184. The van der Waals surface area contributed by atoms with Gasteiger partial charge in [0.1, 0.15) is 0 Å². The molecule has 10 rings (SSSR count). The van der Waals surface area contributed by atoms with Crippen molar-refractivity contribution < 1.29 is 0 Å². The van der Waals surface area contributed by atoms with Crippen LogP contribution in [-0.2, 0) is 0 Å². The van der Waals surface area contributed by atoms with E-state index in [1.807, 2.05) is 0 Å². The van der Waals surface area contributed by atoms with Gasteiger partial charge in [0, 0.05) is 37.7 Å². The highest BCUT2D eigenvalue weighted by Crippen LogP contribution is 2.42. The molecule has 0 N–H and O–H groups in total. The molecule has 0 saturated carbocycles. The highest BCUT2D eigenvalue weighted by Gasteiger charge is 2.20. The van der Waals surface area contributed by atoms with Crippen molar-refractivity contribution in [2.24, 2.45) is 0 Å². The third-order valence-electron chi connectivity index (χ3n) is 9.89. The van der Waals surface area contributed by atoms with Crippen LogP contribution in [0.25, 0.3) is 87.1 Å². The third kappa shape index (κ3) is 4.72. The summed E-state index contributed by atoms with van der Waals surface area (Å²) in [6.07, 6.45) is 8.84. The van der Waals surface area contributed by atoms with Crippen molar-refractivity contribution in [3.8, 4) is 39.5 Å². The minimum atomic E-state index is 0.736. The zero-order valence-electron chi connectivity index (χ0n) is 27.3. The summed E-state index contributed by atoms with van der Waals surface area (Å²) >= 11 is 1.77. The van der Waals surface area contributed by atoms with E-state index in [1.165, 1.54) is 48.6 Å². The fourth-order valence-electron chi connectivity index (χ4n) is 7.55. The second kappa shape index (κ2) is 11.8. The van der Waals surface area contributed by atoms with Crippen LogP contribution in [0.1, 0.15) is 18.4 Å². The van der Waals surface area contributed by atoms with Gasteiger partial charge in [-0.3, -0.25) is 0 Å². The molecule has 9 aromatic rings. The predicted molar refractivity (Wildman–Crippen MR) is 212 cm³/mol. The van der Waals surface area contributed by atoms with E-state index in [-0.39, 0.29) is 0 Å². The van der Waals surface area contributed by atoms with Gasteiger partial charge in [-0.2, -0.15) is 0 Å². The smallest absolute Gasteiger partial charge is 0.160 e. The fraction of sp³-hybridized carbons (Fsp3) is 0.0435. The number of hydrogen-bond donors (Lipinski definition) is 0. The molecule has 236 valence electrons. The Balaban J connectivity index is 1.20. The molecule has 0 saturated heterocycles. The molecule has 0 unspecified atom stereocenters.